The van der Waals surface area contributed by atoms with Gasteiger partial charge in [0.25, 0.3) is 0 Å². The first-order chi connectivity index (χ1) is 6.02. The van der Waals surface area contributed by atoms with Gasteiger partial charge in [-0.25, -0.2) is 0 Å². The van der Waals surface area contributed by atoms with Gasteiger partial charge >= 0.3 is 0 Å². The first-order valence-electron chi connectivity index (χ1n) is 5.54. The molecule has 1 aliphatic rings. The molecule has 0 spiro atoms. The van der Waals surface area contributed by atoms with E-state index in [1.807, 2.05) is 0 Å². The third kappa shape index (κ3) is 3.65. The van der Waals surface area contributed by atoms with Crippen molar-refractivity contribution in [2.75, 3.05) is 6.54 Å². The predicted molar refractivity (Wildman–Crippen MR) is 57.7 cm³/mol. The maximum atomic E-state index is 6.34. The maximum absolute atomic E-state index is 6.34. The second-order valence-electron chi connectivity index (χ2n) is 5.10. The zero-order valence-corrected chi connectivity index (χ0v) is 9.27. The predicted octanol–water partition coefficient (Wildman–Crippen LogP) is 1.89. The summed E-state index contributed by atoms with van der Waals surface area (Å²) in [7, 11) is 0. The van der Waals surface area contributed by atoms with E-state index in [1.165, 1.54) is 25.7 Å². The SMILES string of the molecule is CC1CCCC(N)(CNC(C)C)C1. The molecule has 0 radical (unpaired) electrons. The highest BCUT2D eigenvalue weighted by molar-refractivity contribution is 4.91. The highest BCUT2D eigenvalue weighted by Crippen LogP contribution is 2.29. The lowest BCUT2D eigenvalue weighted by molar-refractivity contribution is 0.225. The van der Waals surface area contributed by atoms with Gasteiger partial charge in [-0.05, 0) is 18.8 Å². The zero-order valence-electron chi connectivity index (χ0n) is 9.27. The van der Waals surface area contributed by atoms with Gasteiger partial charge < -0.3 is 11.1 Å². The van der Waals surface area contributed by atoms with Crippen LogP contribution < -0.4 is 11.1 Å². The second kappa shape index (κ2) is 4.43. The molecule has 1 rings (SSSR count). The fraction of sp³-hybridized carbons (Fsp3) is 1.00. The number of nitrogens with one attached hydrogen (secondary N) is 1. The summed E-state index contributed by atoms with van der Waals surface area (Å²) in [5.41, 5.74) is 6.41. The van der Waals surface area contributed by atoms with Crippen molar-refractivity contribution < 1.29 is 0 Å². The zero-order chi connectivity index (χ0) is 9.90. The lowest BCUT2D eigenvalue weighted by Crippen LogP contribution is -2.52. The summed E-state index contributed by atoms with van der Waals surface area (Å²) in [5, 5.41) is 3.45. The van der Waals surface area contributed by atoms with Crippen molar-refractivity contribution in [3.05, 3.63) is 0 Å². The summed E-state index contributed by atoms with van der Waals surface area (Å²) >= 11 is 0. The van der Waals surface area contributed by atoms with Crippen LogP contribution in [0.25, 0.3) is 0 Å². The van der Waals surface area contributed by atoms with E-state index in [0.29, 0.717) is 6.04 Å². The third-order valence-corrected chi connectivity index (χ3v) is 2.99. The molecule has 0 aromatic carbocycles. The molecule has 0 heterocycles. The molecule has 1 aliphatic carbocycles. The first-order valence-corrected chi connectivity index (χ1v) is 5.54. The van der Waals surface area contributed by atoms with Crippen molar-refractivity contribution in [1.29, 1.82) is 0 Å². The van der Waals surface area contributed by atoms with Crippen LogP contribution in [0.1, 0.15) is 46.5 Å². The molecule has 0 aromatic rings. The van der Waals surface area contributed by atoms with Crippen LogP contribution in [0, 0.1) is 5.92 Å². The normalized spacial score (nSPS) is 35.3. The highest BCUT2D eigenvalue weighted by atomic mass is 15.0. The number of nitrogens with two attached hydrogens (primary N) is 1. The summed E-state index contributed by atoms with van der Waals surface area (Å²) in [6.45, 7) is 7.65. The van der Waals surface area contributed by atoms with Crippen LogP contribution >= 0.6 is 0 Å². The Hall–Kier alpha value is -0.0800. The van der Waals surface area contributed by atoms with Gasteiger partial charge in [-0.3, -0.25) is 0 Å². The Bertz CT molecular complexity index is 156. The van der Waals surface area contributed by atoms with Crippen molar-refractivity contribution >= 4 is 0 Å². The Morgan fingerprint density at radius 1 is 1.54 bits per heavy atom. The maximum Gasteiger partial charge on any atom is 0.0283 e. The van der Waals surface area contributed by atoms with E-state index in [2.05, 4.69) is 26.1 Å². The van der Waals surface area contributed by atoms with Gasteiger partial charge in [-0.1, -0.05) is 33.6 Å². The molecular formula is C11H24N2. The lowest BCUT2D eigenvalue weighted by Gasteiger charge is -2.37. The van der Waals surface area contributed by atoms with Crippen LogP contribution in [0.2, 0.25) is 0 Å². The fourth-order valence-corrected chi connectivity index (χ4v) is 2.27. The minimum atomic E-state index is 0.0714. The summed E-state index contributed by atoms with van der Waals surface area (Å²) in [5.74, 6) is 0.813. The molecule has 0 aromatic heterocycles. The smallest absolute Gasteiger partial charge is 0.0283 e. The molecule has 2 unspecified atom stereocenters. The van der Waals surface area contributed by atoms with Crippen LogP contribution in [0.15, 0.2) is 0 Å². The van der Waals surface area contributed by atoms with E-state index in [4.69, 9.17) is 5.73 Å². The van der Waals surface area contributed by atoms with E-state index < -0.39 is 0 Å². The molecule has 1 fully saturated rings. The summed E-state index contributed by atoms with van der Waals surface area (Å²) in [6.07, 6.45) is 5.04. The van der Waals surface area contributed by atoms with Crippen LogP contribution in [0.3, 0.4) is 0 Å². The molecule has 0 saturated heterocycles. The Morgan fingerprint density at radius 2 is 2.23 bits per heavy atom. The third-order valence-electron chi connectivity index (χ3n) is 2.99. The van der Waals surface area contributed by atoms with Gasteiger partial charge in [0.15, 0.2) is 0 Å². The molecule has 13 heavy (non-hydrogen) atoms. The summed E-state index contributed by atoms with van der Waals surface area (Å²) in [4.78, 5) is 0. The molecule has 1 saturated carbocycles. The number of hydrogen-bond donors (Lipinski definition) is 2. The van der Waals surface area contributed by atoms with Gasteiger partial charge in [-0.15, -0.1) is 0 Å². The lowest BCUT2D eigenvalue weighted by atomic mass is 9.77. The van der Waals surface area contributed by atoms with E-state index in [0.717, 1.165) is 12.5 Å². The molecule has 2 nitrogen and oxygen atoms in total. The molecule has 0 bridgehead atoms. The van der Waals surface area contributed by atoms with E-state index in [-0.39, 0.29) is 5.54 Å². The van der Waals surface area contributed by atoms with Crippen LogP contribution in [-0.4, -0.2) is 18.1 Å². The molecule has 3 N–H and O–H groups in total. The van der Waals surface area contributed by atoms with E-state index in [1.54, 1.807) is 0 Å². The monoisotopic (exact) mass is 184 g/mol. The Morgan fingerprint density at radius 3 is 2.77 bits per heavy atom. The Balaban J connectivity index is 2.35. The Kier molecular flexibility index (Phi) is 3.74. The summed E-state index contributed by atoms with van der Waals surface area (Å²) in [6, 6.07) is 0.553. The van der Waals surface area contributed by atoms with Crippen LogP contribution in [-0.2, 0) is 0 Å². The number of hydrogen-bond acceptors (Lipinski definition) is 2. The van der Waals surface area contributed by atoms with E-state index >= 15 is 0 Å². The topological polar surface area (TPSA) is 38.0 Å². The molecule has 78 valence electrons. The molecule has 0 aliphatic heterocycles. The van der Waals surface area contributed by atoms with Gasteiger partial charge in [0, 0.05) is 18.1 Å². The molecule has 2 heteroatoms. The van der Waals surface area contributed by atoms with E-state index in [9.17, 15) is 0 Å². The van der Waals surface area contributed by atoms with Gasteiger partial charge in [0.2, 0.25) is 0 Å². The quantitative estimate of drug-likeness (QED) is 0.703. The van der Waals surface area contributed by atoms with Gasteiger partial charge in [-0.2, -0.15) is 0 Å². The average Bonchev–Trinajstić information content (AvgIpc) is 2.01. The minimum absolute atomic E-state index is 0.0714. The van der Waals surface area contributed by atoms with Crippen molar-refractivity contribution in [3.8, 4) is 0 Å². The molecule has 2 atom stereocenters. The summed E-state index contributed by atoms with van der Waals surface area (Å²) < 4.78 is 0. The second-order valence-corrected chi connectivity index (χ2v) is 5.10. The van der Waals surface area contributed by atoms with Gasteiger partial charge in [0.05, 0.1) is 0 Å². The Labute approximate surface area is 82.3 Å². The standard InChI is InChI=1S/C11H24N2/c1-9(2)13-8-11(12)6-4-5-10(3)7-11/h9-10,13H,4-8,12H2,1-3H3. The van der Waals surface area contributed by atoms with Crippen molar-refractivity contribution in [3.63, 3.8) is 0 Å². The minimum Gasteiger partial charge on any atom is -0.324 e. The number of rotatable bonds is 3. The van der Waals surface area contributed by atoms with Crippen molar-refractivity contribution in [2.45, 2.75) is 58.0 Å². The fourth-order valence-electron chi connectivity index (χ4n) is 2.27. The van der Waals surface area contributed by atoms with Crippen LogP contribution in [0.4, 0.5) is 0 Å². The van der Waals surface area contributed by atoms with Crippen molar-refractivity contribution in [2.24, 2.45) is 11.7 Å². The first kappa shape index (κ1) is 11.0. The highest BCUT2D eigenvalue weighted by Gasteiger charge is 2.30. The van der Waals surface area contributed by atoms with Gasteiger partial charge in [0.1, 0.15) is 0 Å². The molecular weight excluding hydrogens is 160 g/mol. The molecule has 0 amide bonds. The average molecular weight is 184 g/mol. The largest absolute Gasteiger partial charge is 0.324 e. The van der Waals surface area contributed by atoms with Crippen molar-refractivity contribution in [1.82, 2.24) is 5.32 Å². The van der Waals surface area contributed by atoms with Crippen LogP contribution in [0.5, 0.6) is 0 Å².